The van der Waals surface area contributed by atoms with Crippen molar-refractivity contribution in [3.8, 4) is 0 Å². The maximum absolute atomic E-state index is 11.1. The fourth-order valence-corrected chi connectivity index (χ4v) is 3.07. The number of sulfonamides is 2. The fraction of sp³-hybridized carbons (Fsp3) is 0.125. The van der Waals surface area contributed by atoms with Gasteiger partial charge in [-0.05, 0) is 35.4 Å². The molecule has 0 unspecified atom stereocenters. The Kier molecular flexibility index (Phi) is 5.30. The van der Waals surface area contributed by atoms with Crippen LogP contribution >= 0.6 is 0 Å². The van der Waals surface area contributed by atoms with Crippen LogP contribution in [0.1, 0.15) is 11.1 Å². The lowest BCUT2D eigenvalue weighted by molar-refractivity contribution is 0.605. The molecule has 2 aromatic rings. The minimum absolute atomic E-state index is 0.505. The van der Waals surface area contributed by atoms with E-state index in [0.29, 0.717) is 11.4 Å². The van der Waals surface area contributed by atoms with E-state index in [9.17, 15) is 16.8 Å². The van der Waals surface area contributed by atoms with Gasteiger partial charge in [0.25, 0.3) is 0 Å². The summed E-state index contributed by atoms with van der Waals surface area (Å²) in [4.78, 5) is 0. The van der Waals surface area contributed by atoms with Crippen molar-refractivity contribution in [1.82, 2.24) is 0 Å². The second-order valence-corrected chi connectivity index (χ2v) is 8.82. The Hall–Kier alpha value is -2.32. The molecule has 8 heteroatoms. The van der Waals surface area contributed by atoms with Gasteiger partial charge in [-0.1, -0.05) is 36.4 Å². The third-order valence-corrected chi connectivity index (χ3v) is 4.11. The van der Waals surface area contributed by atoms with Gasteiger partial charge in [-0.2, -0.15) is 0 Å². The molecule has 2 rings (SSSR count). The predicted molar refractivity (Wildman–Crippen MR) is 98.7 cm³/mol. The molecule has 0 aliphatic heterocycles. The highest BCUT2D eigenvalue weighted by Crippen LogP contribution is 2.15. The third kappa shape index (κ3) is 6.43. The van der Waals surface area contributed by atoms with Crippen molar-refractivity contribution in [1.29, 1.82) is 0 Å². The molecule has 0 aliphatic rings. The first-order chi connectivity index (χ1) is 11.1. The van der Waals surface area contributed by atoms with Crippen molar-refractivity contribution in [2.75, 3.05) is 22.0 Å². The van der Waals surface area contributed by atoms with E-state index < -0.39 is 20.0 Å². The van der Waals surface area contributed by atoms with E-state index in [1.54, 1.807) is 48.5 Å². The summed E-state index contributed by atoms with van der Waals surface area (Å²) < 4.78 is 49.4. The number of anilines is 2. The van der Waals surface area contributed by atoms with E-state index in [2.05, 4.69) is 9.44 Å². The van der Waals surface area contributed by atoms with Gasteiger partial charge in [-0.25, -0.2) is 16.8 Å². The Morgan fingerprint density at radius 2 is 0.917 bits per heavy atom. The van der Waals surface area contributed by atoms with Crippen LogP contribution in [0.4, 0.5) is 11.4 Å². The standard InChI is InChI=1S/C16H18N2O4S2/c1-23(19,20)17-15-9-5-13(6-10-15)3-4-14-7-11-16(12-8-14)18-24(2,21)22/h3-12,17-18H,1-2H3/b4-3+. The summed E-state index contributed by atoms with van der Waals surface area (Å²) in [7, 11) is -6.56. The number of hydrogen-bond donors (Lipinski definition) is 2. The average Bonchev–Trinajstić information content (AvgIpc) is 2.45. The van der Waals surface area contributed by atoms with E-state index in [1.807, 2.05) is 12.2 Å². The van der Waals surface area contributed by atoms with E-state index in [-0.39, 0.29) is 0 Å². The number of hydrogen-bond acceptors (Lipinski definition) is 4. The molecular formula is C16H18N2O4S2. The zero-order chi connectivity index (χ0) is 17.8. The molecule has 128 valence electrons. The number of rotatable bonds is 6. The maximum Gasteiger partial charge on any atom is 0.229 e. The average molecular weight is 366 g/mol. The van der Waals surface area contributed by atoms with Gasteiger partial charge in [0.05, 0.1) is 12.5 Å². The zero-order valence-electron chi connectivity index (χ0n) is 13.2. The molecule has 0 spiro atoms. The number of benzene rings is 2. The molecule has 0 bridgehead atoms. The minimum Gasteiger partial charge on any atom is -0.284 e. The van der Waals surface area contributed by atoms with Crippen molar-refractivity contribution in [3.63, 3.8) is 0 Å². The first-order valence-corrected chi connectivity index (χ1v) is 10.7. The molecule has 0 heterocycles. The molecule has 2 aromatic carbocycles. The van der Waals surface area contributed by atoms with Crippen molar-refractivity contribution in [2.24, 2.45) is 0 Å². The first-order valence-electron chi connectivity index (χ1n) is 6.94. The Balaban J connectivity index is 2.05. The Morgan fingerprint density at radius 3 is 1.17 bits per heavy atom. The molecule has 24 heavy (non-hydrogen) atoms. The Morgan fingerprint density at radius 1 is 0.625 bits per heavy atom. The van der Waals surface area contributed by atoms with Crippen LogP contribution in [0.15, 0.2) is 48.5 Å². The van der Waals surface area contributed by atoms with E-state index in [1.165, 1.54) is 0 Å². The van der Waals surface area contributed by atoms with Gasteiger partial charge in [0.1, 0.15) is 0 Å². The van der Waals surface area contributed by atoms with Crippen LogP contribution < -0.4 is 9.44 Å². The van der Waals surface area contributed by atoms with Crippen LogP contribution in [0.5, 0.6) is 0 Å². The SMILES string of the molecule is CS(=O)(=O)Nc1ccc(/C=C/c2ccc(NS(C)(=O)=O)cc2)cc1. The monoisotopic (exact) mass is 366 g/mol. The normalized spacial score (nSPS) is 12.2. The van der Waals surface area contributed by atoms with Gasteiger partial charge in [0, 0.05) is 11.4 Å². The van der Waals surface area contributed by atoms with Gasteiger partial charge < -0.3 is 0 Å². The zero-order valence-corrected chi connectivity index (χ0v) is 14.9. The molecule has 0 fully saturated rings. The second-order valence-electron chi connectivity index (χ2n) is 5.33. The van der Waals surface area contributed by atoms with Crippen molar-refractivity contribution < 1.29 is 16.8 Å². The topological polar surface area (TPSA) is 92.3 Å². The largest absolute Gasteiger partial charge is 0.284 e. The molecule has 0 saturated heterocycles. The summed E-state index contributed by atoms with van der Waals surface area (Å²) in [5.74, 6) is 0. The lowest BCUT2D eigenvalue weighted by atomic mass is 10.1. The fourth-order valence-electron chi connectivity index (χ4n) is 1.95. The summed E-state index contributed by atoms with van der Waals surface area (Å²) in [6, 6.07) is 13.9. The van der Waals surface area contributed by atoms with Crippen LogP contribution in [0.3, 0.4) is 0 Å². The van der Waals surface area contributed by atoms with Crippen LogP contribution in [0, 0.1) is 0 Å². The molecule has 6 nitrogen and oxygen atoms in total. The van der Waals surface area contributed by atoms with Gasteiger partial charge in [-0.3, -0.25) is 9.44 Å². The van der Waals surface area contributed by atoms with E-state index in [0.717, 1.165) is 23.6 Å². The lowest BCUT2D eigenvalue weighted by Gasteiger charge is -2.04. The van der Waals surface area contributed by atoms with E-state index >= 15 is 0 Å². The molecular weight excluding hydrogens is 348 g/mol. The minimum atomic E-state index is -3.28. The molecule has 2 N–H and O–H groups in total. The van der Waals surface area contributed by atoms with Gasteiger partial charge in [-0.15, -0.1) is 0 Å². The van der Waals surface area contributed by atoms with Crippen molar-refractivity contribution in [2.45, 2.75) is 0 Å². The van der Waals surface area contributed by atoms with Crippen LogP contribution in [0.2, 0.25) is 0 Å². The van der Waals surface area contributed by atoms with Crippen LogP contribution in [-0.2, 0) is 20.0 Å². The predicted octanol–water partition coefficient (Wildman–Crippen LogP) is 2.60. The second kappa shape index (κ2) is 7.06. The first kappa shape index (κ1) is 18.0. The summed E-state index contributed by atoms with van der Waals surface area (Å²) >= 11 is 0. The van der Waals surface area contributed by atoms with Gasteiger partial charge >= 0.3 is 0 Å². The summed E-state index contributed by atoms with van der Waals surface area (Å²) in [5.41, 5.74) is 2.83. The van der Waals surface area contributed by atoms with Crippen molar-refractivity contribution in [3.05, 3.63) is 59.7 Å². The Bertz CT molecular complexity index is 851. The summed E-state index contributed by atoms with van der Waals surface area (Å²) in [6.07, 6.45) is 5.96. The quantitative estimate of drug-likeness (QED) is 0.769. The van der Waals surface area contributed by atoms with E-state index in [4.69, 9.17) is 0 Å². The van der Waals surface area contributed by atoms with Gasteiger partial charge in [0.15, 0.2) is 0 Å². The third-order valence-electron chi connectivity index (χ3n) is 2.90. The van der Waals surface area contributed by atoms with Crippen LogP contribution in [-0.4, -0.2) is 29.3 Å². The smallest absolute Gasteiger partial charge is 0.229 e. The van der Waals surface area contributed by atoms with Gasteiger partial charge in [0.2, 0.25) is 20.0 Å². The highest BCUT2D eigenvalue weighted by atomic mass is 32.2. The summed E-state index contributed by atoms with van der Waals surface area (Å²) in [5, 5.41) is 0. The molecule has 0 amide bonds. The Labute approximate surface area is 142 Å². The molecule has 0 saturated carbocycles. The molecule has 0 aromatic heterocycles. The highest BCUT2D eigenvalue weighted by Gasteiger charge is 2.01. The number of nitrogens with one attached hydrogen (secondary N) is 2. The molecule has 0 radical (unpaired) electrons. The lowest BCUT2D eigenvalue weighted by Crippen LogP contribution is -2.09. The maximum atomic E-state index is 11.1. The molecule has 0 atom stereocenters. The summed E-state index contributed by atoms with van der Waals surface area (Å²) in [6.45, 7) is 0. The highest BCUT2D eigenvalue weighted by molar-refractivity contribution is 7.92. The van der Waals surface area contributed by atoms with Crippen LogP contribution in [0.25, 0.3) is 12.2 Å². The molecule has 0 aliphatic carbocycles. The van der Waals surface area contributed by atoms with Crippen molar-refractivity contribution >= 4 is 43.6 Å².